The molecule has 5 amide bonds. The number of nitrogens with zero attached hydrogens (tertiary/aromatic N) is 3. The summed E-state index contributed by atoms with van der Waals surface area (Å²) in [6, 6.07) is 53.9. The zero-order chi connectivity index (χ0) is 68.0. The van der Waals surface area contributed by atoms with Crippen molar-refractivity contribution in [3.8, 4) is 0 Å². The van der Waals surface area contributed by atoms with Crippen molar-refractivity contribution in [1.82, 2.24) is 9.21 Å². The van der Waals surface area contributed by atoms with E-state index in [0.717, 1.165) is 63.8 Å². The standard InChI is InChI=1S/C11H15NO3.C10H12ClNO2.C10H15NO2S.C10H11NO2.C10H13NO2.C10H11NO.C8H10N2S/c1-9-4-3-5-10(8-9)12-11(13)15-7-6-14-2;1-8-2-4-9(5-3-8)12-10(13)14-7-6-11;1-9-4-6-10(7-5-9)8-11(2)14(3,12)13;1-8-2-4-9(5-3-8)11-6-7-13-10(11)12;1-8-3-5-9(6-4-8)11-10(12)7-13-2;1-8-2-4-9(5-3-8)10(12)11-6-7-11;1-6-3-2-4-7(5-6)10-8(9)11/h3-5,8H,6-7H2,1-2H3,(H,12,13);2-5H,6-7H2,1H3,(H,12,13);4-7H,8H2,1-3H3;2-5H,6-7H2,1H3;3-6H,7H2,1-2H3,(H,11,12);2-5H,6-7H2,1H3;2-5H,1H3,(H3,9,10,11). The Labute approximate surface area is 552 Å². The van der Waals surface area contributed by atoms with Gasteiger partial charge in [0.1, 0.15) is 26.4 Å². The smallest absolute Gasteiger partial charge is 0.414 e. The number of carbonyl (C=O) groups is 5. The molecule has 2 heterocycles. The van der Waals surface area contributed by atoms with E-state index in [0.29, 0.717) is 37.3 Å². The highest BCUT2D eigenvalue weighted by molar-refractivity contribution is 7.88. The number of nitrogens with one attached hydrogen (secondary N) is 4. The van der Waals surface area contributed by atoms with Crippen LogP contribution in [-0.2, 0) is 45.0 Å². The molecule has 7 aromatic carbocycles. The lowest BCUT2D eigenvalue weighted by atomic mass is 10.1. The van der Waals surface area contributed by atoms with Crippen LogP contribution in [0, 0.1) is 48.5 Å². The Bertz CT molecular complexity index is 3490. The molecule has 2 saturated heterocycles. The summed E-state index contributed by atoms with van der Waals surface area (Å²) in [6.45, 7) is 18.4. The number of amides is 5. The van der Waals surface area contributed by atoms with Crippen molar-refractivity contribution in [2.45, 2.75) is 55.0 Å². The second-order valence-corrected chi connectivity index (χ2v) is 23.8. The van der Waals surface area contributed by atoms with Crippen molar-refractivity contribution in [2.75, 3.05) is 112 Å². The lowest BCUT2D eigenvalue weighted by Gasteiger charge is -2.13. The van der Waals surface area contributed by atoms with E-state index in [-0.39, 0.29) is 37.7 Å². The monoisotopic (exact) mass is 1320 g/mol. The van der Waals surface area contributed by atoms with E-state index in [1.165, 1.54) is 45.5 Å². The Morgan fingerprint density at radius 3 is 1.45 bits per heavy atom. The van der Waals surface area contributed by atoms with Crippen LogP contribution in [0.5, 0.6) is 0 Å². The molecule has 0 aromatic heterocycles. The Balaban J connectivity index is 0.000000281. The first-order chi connectivity index (χ1) is 43.8. The predicted octanol–water partition coefficient (Wildman–Crippen LogP) is 13.0. The summed E-state index contributed by atoms with van der Waals surface area (Å²) < 4.78 is 47.5. The number of alkyl halides is 1. The van der Waals surface area contributed by atoms with Crippen LogP contribution in [0.1, 0.15) is 54.9 Å². The molecule has 494 valence electrons. The van der Waals surface area contributed by atoms with E-state index < -0.39 is 22.2 Å². The summed E-state index contributed by atoms with van der Waals surface area (Å²) in [5, 5.41) is 11.1. The SMILES string of the molecule is COCC(=O)Nc1ccc(C)cc1.COCCOC(=O)Nc1cccc(C)c1.Cc1ccc(C(=O)N2CC2)cc1.Cc1ccc(CN(C)S(C)(=O)=O)cc1.Cc1ccc(N2CCOC2=O)cc1.Cc1ccc(NC(=O)OCCCl)cc1.Cc1cccc(NC(N)=S)c1. The second kappa shape index (κ2) is 42.2. The molecular formula is C69H87ClN8O12S2. The topological polar surface area (TPSA) is 249 Å². The number of anilines is 5. The highest BCUT2D eigenvalue weighted by Crippen LogP contribution is 2.19. The fourth-order valence-corrected chi connectivity index (χ4v) is 7.98. The number of nitrogens with two attached hydrogens (primary N) is 1. The van der Waals surface area contributed by atoms with Gasteiger partial charge in [0.25, 0.3) is 5.91 Å². The number of hydrogen-bond acceptors (Lipinski definition) is 13. The van der Waals surface area contributed by atoms with Gasteiger partial charge in [0.2, 0.25) is 15.9 Å². The van der Waals surface area contributed by atoms with Crippen molar-refractivity contribution >= 4 is 97.5 Å². The van der Waals surface area contributed by atoms with E-state index in [4.69, 9.17) is 36.3 Å². The van der Waals surface area contributed by atoms with Gasteiger partial charge in [-0.25, -0.2) is 27.1 Å². The van der Waals surface area contributed by atoms with E-state index in [1.807, 2.05) is 223 Å². The van der Waals surface area contributed by atoms with Crippen LogP contribution in [0.3, 0.4) is 0 Å². The molecule has 23 heteroatoms. The van der Waals surface area contributed by atoms with Gasteiger partial charge in [-0.1, -0.05) is 125 Å². The molecule has 9 rings (SSSR count). The Morgan fingerprint density at radius 1 is 0.576 bits per heavy atom. The van der Waals surface area contributed by atoms with Gasteiger partial charge in [-0.15, -0.1) is 11.6 Å². The Hall–Kier alpha value is -8.90. The largest absolute Gasteiger partial charge is 0.448 e. The maximum absolute atomic E-state index is 11.4. The Morgan fingerprint density at radius 2 is 1.02 bits per heavy atom. The van der Waals surface area contributed by atoms with E-state index >= 15 is 0 Å². The highest BCUT2D eigenvalue weighted by Gasteiger charge is 2.25. The molecule has 2 aliphatic rings. The van der Waals surface area contributed by atoms with E-state index in [9.17, 15) is 32.4 Å². The fraction of sp³-hybridized carbons (Fsp3) is 0.304. The fourth-order valence-electron chi connectivity index (χ4n) is 7.40. The molecule has 0 radical (unpaired) electrons. The first kappa shape index (κ1) is 77.3. The van der Waals surface area contributed by atoms with Crippen LogP contribution < -0.4 is 31.9 Å². The van der Waals surface area contributed by atoms with Crippen LogP contribution in [-0.4, -0.2) is 139 Å². The van der Waals surface area contributed by atoms with Gasteiger partial charge in [0.15, 0.2) is 5.11 Å². The summed E-state index contributed by atoms with van der Waals surface area (Å²) in [5.41, 5.74) is 19.4. The van der Waals surface area contributed by atoms with Gasteiger partial charge in [-0.05, 0) is 150 Å². The number of aryl methyl sites for hydroxylation is 7. The molecule has 0 aliphatic carbocycles. The van der Waals surface area contributed by atoms with Gasteiger partial charge in [0.05, 0.1) is 25.3 Å². The minimum absolute atomic E-state index is 0.0911. The van der Waals surface area contributed by atoms with Crippen molar-refractivity contribution in [2.24, 2.45) is 5.73 Å². The number of thiocarbonyl (C=S) groups is 1. The third-order valence-electron chi connectivity index (χ3n) is 12.5. The van der Waals surface area contributed by atoms with Crippen molar-refractivity contribution < 1.29 is 56.1 Å². The quantitative estimate of drug-likeness (QED) is 0.0198. The maximum Gasteiger partial charge on any atom is 0.414 e. The van der Waals surface area contributed by atoms with Gasteiger partial charge in [-0.2, -0.15) is 0 Å². The predicted molar refractivity (Wildman–Crippen MR) is 373 cm³/mol. The number of hydrogen-bond donors (Lipinski definition) is 5. The molecule has 0 spiro atoms. The van der Waals surface area contributed by atoms with Gasteiger partial charge < -0.3 is 45.0 Å². The van der Waals surface area contributed by atoms with Gasteiger partial charge in [0, 0.05) is 74.9 Å². The number of benzene rings is 7. The van der Waals surface area contributed by atoms with Crippen LogP contribution in [0.2, 0.25) is 0 Å². The molecular weight excluding hydrogens is 1230 g/mol. The molecule has 0 saturated carbocycles. The molecule has 6 N–H and O–H groups in total. The number of ether oxygens (including phenoxy) is 5. The Kier molecular flexibility index (Phi) is 35.5. The van der Waals surface area contributed by atoms with Crippen molar-refractivity contribution in [1.29, 1.82) is 0 Å². The third kappa shape index (κ3) is 33.8. The van der Waals surface area contributed by atoms with Crippen LogP contribution in [0.4, 0.5) is 42.8 Å². The van der Waals surface area contributed by atoms with Crippen molar-refractivity contribution in [3.63, 3.8) is 0 Å². The minimum atomic E-state index is -3.08. The molecule has 20 nitrogen and oxygen atoms in total. The first-order valence-corrected chi connectivity index (χ1v) is 32.0. The summed E-state index contributed by atoms with van der Waals surface area (Å²) >= 11 is 10.1. The molecule has 92 heavy (non-hydrogen) atoms. The van der Waals surface area contributed by atoms with Gasteiger partial charge >= 0.3 is 18.3 Å². The third-order valence-corrected chi connectivity index (χ3v) is 14.0. The molecule has 2 fully saturated rings. The average molecular weight is 1320 g/mol. The zero-order valence-electron chi connectivity index (χ0n) is 54.2. The molecule has 2 aliphatic heterocycles. The molecule has 0 unspecified atom stereocenters. The lowest BCUT2D eigenvalue weighted by molar-refractivity contribution is -0.119. The maximum atomic E-state index is 11.4. The summed E-state index contributed by atoms with van der Waals surface area (Å²) in [7, 11) is 1.55. The van der Waals surface area contributed by atoms with Crippen LogP contribution >= 0.6 is 23.8 Å². The summed E-state index contributed by atoms with van der Waals surface area (Å²) in [6.07, 6.45) is 0.0253. The zero-order valence-corrected chi connectivity index (χ0v) is 56.6. The number of halogens is 1. The minimum Gasteiger partial charge on any atom is -0.448 e. The number of sulfonamides is 1. The van der Waals surface area contributed by atoms with E-state index in [2.05, 4.69) is 38.2 Å². The van der Waals surface area contributed by atoms with Crippen molar-refractivity contribution in [3.05, 3.63) is 220 Å². The highest BCUT2D eigenvalue weighted by atomic mass is 35.5. The van der Waals surface area contributed by atoms with E-state index in [1.54, 1.807) is 19.1 Å². The molecule has 7 aromatic rings. The second-order valence-electron chi connectivity index (χ2n) is 20.9. The summed E-state index contributed by atoms with van der Waals surface area (Å²) in [4.78, 5) is 59.4. The van der Waals surface area contributed by atoms with Crippen LogP contribution in [0.15, 0.2) is 170 Å². The normalized spacial score (nSPS) is 11.5. The number of rotatable bonds is 16. The average Bonchev–Trinajstić information content (AvgIpc) is 3.63. The summed E-state index contributed by atoms with van der Waals surface area (Å²) in [5.74, 6) is 0.336. The first-order valence-electron chi connectivity index (χ1n) is 29.2. The number of methoxy groups -OCH3 is 2. The number of cyclic esters (lactones) is 1. The molecule has 0 bridgehead atoms. The number of carbonyl (C=O) groups excluding carboxylic acids is 5. The molecule has 0 atom stereocenters. The lowest BCUT2D eigenvalue weighted by Crippen LogP contribution is -2.24. The van der Waals surface area contributed by atoms with Crippen LogP contribution in [0.25, 0.3) is 0 Å². The van der Waals surface area contributed by atoms with Gasteiger partial charge in [-0.3, -0.25) is 25.1 Å².